The summed E-state index contributed by atoms with van der Waals surface area (Å²) < 4.78 is 13.8. The minimum Gasteiger partial charge on any atom is -0.284 e. The number of thioether (sulfide) groups is 1. The lowest BCUT2D eigenvalue weighted by molar-refractivity contribution is 0.693. The van der Waals surface area contributed by atoms with E-state index < -0.39 is 10.8 Å². The molecule has 0 saturated carbocycles. The summed E-state index contributed by atoms with van der Waals surface area (Å²) in [6.07, 6.45) is 6.32. The highest BCUT2D eigenvalue weighted by atomic mass is 32.2. The van der Waals surface area contributed by atoms with Crippen LogP contribution in [0.1, 0.15) is 23.7 Å². The van der Waals surface area contributed by atoms with Crippen molar-refractivity contribution in [1.82, 2.24) is 10.2 Å². The van der Waals surface area contributed by atoms with Crippen LogP contribution in [0.3, 0.4) is 0 Å². The minimum absolute atomic E-state index is 0.0751. The Morgan fingerprint density at radius 2 is 2.09 bits per heavy atom. The molecule has 116 valence electrons. The number of nitrogens with one attached hydrogen (secondary N) is 1. The van der Waals surface area contributed by atoms with Gasteiger partial charge in [-0.25, -0.2) is 4.21 Å². The molecular formula is C17H15N3OS2. The number of nitrogens with zero attached hydrogens (tertiary/aromatic N) is 2. The summed E-state index contributed by atoms with van der Waals surface area (Å²) in [6.45, 7) is 0. The van der Waals surface area contributed by atoms with Gasteiger partial charge in [0.1, 0.15) is 0 Å². The van der Waals surface area contributed by atoms with E-state index in [0.717, 1.165) is 32.4 Å². The van der Waals surface area contributed by atoms with Crippen molar-refractivity contribution in [3.05, 3.63) is 69.2 Å². The zero-order valence-corrected chi connectivity index (χ0v) is 14.2. The molecule has 0 saturated heterocycles. The van der Waals surface area contributed by atoms with Gasteiger partial charge in [-0.05, 0) is 23.5 Å². The Hall–Kier alpha value is -1.92. The molecular weight excluding hydrogens is 326 g/mol. The third kappa shape index (κ3) is 2.42. The summed E-state index contributed by atoms with van der Waals surface area (Å²) >= 11 is 1.54. The van der Waals surface area contributed by atoms with Crippen molar-refractivity contribution in [2.45, 2.75) is 12.5 Å². The fourth-order valence-corrected chi connectivity index (χ4v) is 5.55. The van der Waals surface area contributed by atoms with Crippen molar-refractivity contribution >= 4 is 33.7 Å². The van der Waals surface area contributed by atoms with E-state index in [1.807, 2.05) is 36.7 Å². The molecule has 0 aliphatic carbocycles. The van der Waals surface area contributed by atoms with E-state index in [1.165, 1.54) is 17.3 Å². The molecule has 1 aromatic heterocycles. The molecule has 0 radical (unpaired) electrons. The summed E-state index contributed by atoms with van der Waals surface area (Å²) in [4.78, 5) is 5.56. The van der Waals surface area contributed by atoms with Gasteiger partial charge in [0.25, 0.3) is 0 Å². The van der Waals surface area contributed by atoms with Crippen molar-refractivity contribution in [2.24, 2.45) is 4.99 Å². The fraction of sp³-hybridized carbons (Fsp3) is 0.176. The number of aromatic nitrogens is 2. The molecule has 3 heterocycles. The molecule has 6 heteroatoms. The Balaban J connectivity index is 1.83. The molecule has 2 aliphatic heterocycles. The SMILES string of the molecule is CSC1=C2C=N[C@H](c3ccccc3)CC2=C(c2ccn[nH]2)S1=O. The van der Waals surface area contributed by atoms with Crippen LogP contribution in [0.5, 0.6) is 0 Å². The van der Waals surface area contributed by atoms with Crippen LogP contribution in [-0.4, -0.2) is 26.9 Å². The molecule has 2 atom stereocenters. The van der Waals surface area contributed by atoms with Crippen molar-refractivity contribution in [3.8, 4) is 0 Å². The maximum Gasteiger partial charge on any atom is 0.0946 e. The van der Waals surface area contributed by atoms with Gasteiger partial charge in [-0.1, -0.05) is 30.3 Å². The van der Waals surface area contributed by atoms with Crippen LogP contribution in [0, 0.1) is 0 Å². The Kier molecular flexibility index (Phi) is 3.79. The summed E-state index contributed by atoms with van der Waals surface area (Å²) in [7, 11) is -1.16. The van der Waals surface area contributed by atoms with Gasteiger partial charge < -0.3 is 0 Å². The maximum absolute atomic E-state index is 12.9. The first-order chi connectivity index (χ1) is 11.3. The van der Waals surface area contributed by atoms with Crippen molar-refractivity contribution < 1.29 is 4.21 Å². The Bertz CT molecular complexity index is 851. The molecule has 2 aromatic rings. The largest absolute Gasteiger partial charge is 0.284 e. The summed E-state index contributed by atoms with van der Waals surface area (Å²) in [5.74, 6) is 0. The fourth-order valence-electron chi connectivity index (χ4n) is 3.00. The third-order valence-corrected chi connectivity index (χ3v) is 7.01. The Morgan fingerprint density at radius 1 is 1.26 bits per heavy atom. The third-order valence-electron chi connectivity index (χ3n) is 4.07. The topological polar surface area (TPSA) is 58.1 Å². The molecule has 0 amide bonds. The second-order valence-electron chi connectivity index (χ2n) is 5.36. The van der Waals surface area contributed by atoms with Gasteiger partial charge in [0.15, 0.2) is 0 Å². The molecule has 4 nitrogen and oxygen atoms in total. The highest BCUT2D eigenvalue weighted by Crippen LogP contribution is 2.47. The number of allylic oxidation sites excluding steroid dienone is 1. The van der Waals surface area contributed by atoms with E-state index in [0.29, 0.717) is 0 Å². The monoisotopic (exact) mass is 341 g/mol. The zero-order chi connectivity index (χ0) is 15.8. The average Bonchev–Trinajstić information content (AvgIpc) is 3.20. The summed E-state index contributed by atoms with van der Waals surface area (Å²) in [6, 6.07) is 12.2. The number of rotatable bonds is 3. The zero-order valence-electron chi connectivity index (χ0n) is 12.5. The molecule has 4 rings (SSSR count). The van der Waals surface area contributed by atoms with E-state index >= 15 is 0 Å². The summed E-state index contributed by atoms with van der Waals surface area (Å²) in [5.41, 5.74) is 4.16. The van der Waals surface area contributed by atoms with E-state index in [2.05, 4.69) is 22.3 Å². The van der Waals surface area contributed by atoms with Crippen molar-refractivity contribution in [3.63, 3.8) is 0 Å². The first kappa shape index (κ1) is 14.7. The maximum atomic E-state index is 12.9. The lowest BCUT2D eigenvalue weighted by Crippen LogP contribution is -2.07. The number of H-pyrrole nitrogens is 1. The van der Waals surface area contributed by atoms with Crippen molar-refractivity contribution in [2.75, 3.05) is 6.26 Å². The van der Waals surface area contributed by atoms with Crippen LogP contribution in [0.2, 0.25) is 0 Å². The molecule has 0 bridgehead atoms. The number of benzene rings is 1. The quantitative estimate of drug-likeness (QED) is 0.926. The van der Waals surface area contributed by atoms with E-state index in [1.54, 1.807) is 6.20 Å². The molecule has 0 spiro atoms. The van der Waals surface area contributed by atoms with E-state index in [9.17, 15) is 4.21 Å². The van der Waals surface area contributed by atoms with Crippen LogP contribution in [0.25, 0.3) is 4.91 Å². The number of aliphatic imine (C=N–C) groups is 1. The lowest BCUT2D eigenvalue weighted by atomic mass is 9.92. The lowest BCUT2D eigenvalue weighted by Gasteiger charge is -2.20. The van der Waals surface area contributed by atoms with Crippen LogP contribution < -0.4 is 0 Å². The first-order valence-corrected chi connectivity index (χ1v) is 9.68. The smallest absolute Gasteiger partial charge is 0.0946 e. The normalized spacial score (nSPS) is 23.5. The van der Waals surface area contributed by atoms with Gasteiger partial charge in [0.2, 0.25) is 0 Å². The molecule has 0 fully saturated rings. The van der Waals surface area contributed by atoms with E-state index in [4.69, 9.17) is 4.99 Å². The highest BCUT2D eigenvalue weighted by Gasteiger charge is 2.35. The highest BCUT2D eigenvalue weighted by molar-refractivity contribution is 8.19. The standard InChI is InChI=1S/C17H15N3OS2/c1-22-17-13-10-18-15(11-5-3-2-4-6-11)9-12(13)16(23(17)21)14-7-8-19-20-14/h2-8,10,15H,9H2,1H3,(H,19,20)/t15-,23?/m0/s1. The average molecular weight is 341 g/mol. The number of fused-ring (bicyclic) bond motifs is 1. The van der Waals surface area contributed by atoms with E-state index in [-0.39, 0.29) is 6.04 Å². The van der Waals surface area contributed by atoms with Crippen molar-refractivity contribution in [1.29, 1.82) is 0 Å². The minimum atomic E-state index is -1.16. The first-order valence-electron chi connectivity index (χ1n) is 7.31. The molecule has 1 N–H and O–H groups in total. The predicted molar refractivity (Wildman–Crippen MR) is 96.5 cm³/mol. The molecule has 1 unspecified atom stereocenters. The van der Waals surface area contributed by atoms with Gasteiger partial charge in [0.05, 0.1) is 31.7 Å². The van der Waals surface area contributed by atoms with Crippen LogP contribution in [0.4, 0.5) is 0 Å². The van der Waals surface area contributed by atoms with Gasteiger partial charge in [-0.2, -0.15) is 5.10 Å². The van der Waals surface area contributed by atoms with Gasteiger partial charge in [0, 0.05) is 24.4 Å². The second kappa shape index (κ2) is 5.94. The number of hydrogen-bond acceptors (Lipinski definition) is 4. The van der Waals surface area contributed by atoms with Gasteiger partial charge in [-0.15, -0.1) is 11.8 Å². The van der Waals surface area contributed by atoms with Crippen LogP contribution >= 0.6 is 11.8 Å². The van der Waals surface area contributed by atoms with Gasteiger partial charge >= 0.3 is 0 Å². The van der Waals surface area contributed by atoms with Gasteiger partial charge in [-0.3, -0.25) is 10.1 Å². The molecule has 23 heavy (non-hydrogen) atoms. The number of hydrogen-bond donors (Lipinski definition) is 1. The number of aromatic amines is 1. The van der Waals surface area contributed by atoms with Crippen LogP contribution in [0.15, 0.2) is 63.0 Å². The second-order valence-corrected chi connectivity index (χ2v) is 7.79. The predicted octanol–water partition coefficient (Wildman–Crippen LogP) is 3.67. The molecule has 1 aromatic carbocycles. The summed E-state index contributed by atoms with van der Waals surface area (Å²) in [5, 5.41) is 6.97. The Labute approximate surface area is 141 Å². The Morgan fingerprint density at radius 3 is 2.78 bits per heavy atom. The molecule has 2 aliphatic rings. The van der Waals surface area contributed by atoms with Crippen LogP contribution in [-0.2, 0) is 10.8 Å².